The molecule has 6 aromatic rings. The number of likely N-dealkylation sites (tertiary alicyclic amines) is 2. The van der Waals surface area contributed by atoms with Crippen LogP contribution in [0, 0.1) is 0 Å². The molecular weight excluding hydrogens is 1240 g/mol. The number of hydrogen-bond donors (Lipinski definition) is 0. The van der Waals surface area contributed by atoms with E-state index in [1.807, 2.05) is 98.8 Å². The minimum atomic E-state index is -0.810. The van der Waals surface area contributed by atoms with E-state index in [1.54, 1.807) is 62.5 Å². The Morgan fingerprint density at radius 1 is 0.402 bits per heavy atom. The van der Waals surface area contributed by atoms with Crippen molar-refractivity contribution in [2.24, 2.45) is 0 Å². The summed E-state index contributed by atoms with van der Waals surface area (Å²) < 4.78 is 87.5. The Kier molecular flexibility index (Phi) is 27.9. The van der Waals surface area contributed by atoms with Crippen LogP contribution in [0.25, 0.3) is 0 Å². The summed E-state index contributed by atoms with van der Waals surface area (Å²) in [7, 11) is 15.6. The van der Waals surface area contributed by atoms with Gasteiger partial charge in [-0.15, -0.1) is 0 Å². The average Bonchev–Trinajstić information content (AvgIpc) is 0.871. The second kappa shape index (κ2) is 36.8. The van der Waals surface area contributed by atoms with Gasteiger partial charge in [-0.25, -0.2) is 9.59 Å². The lowest BCUT2D eigenvalue weighted by Gasteiger charge is -2.37. The van der Waals surface area contributed by atoms with Crippen molar-refractivity contribution in [2.45, 2.75) is 127 Å². The second-order valence-electron chi connectivity index (χ2n) is 23.7. The van der Waals surface area contributed by atoms with Crippen molar-refractivity contribution in [2.75, 3.05) is 111 Å². The van der Waals surface area contributed by atoms with E-state index in [0.29, 0.717) is 145 Å². The van der Waals surface area contributed by atoms with Gasteiger partial charge in [0.1, 0.15) is 49.0 Å². The molecule has 524 valence electrons. The van der Waals surface area contributed by atoms with Crippen molar-refractivity contribution < 1.29 is 90.2 Å². The molecule has 6 aromatic carbocycles. The van der Waals surface area contributed by atoms with Gasteiger partial charge >= 0.3 is 11.9 Å². The lowest BCUT2D eigenvalue weighted by atomic mass is 9.91. The summed E-state index contributed by atoms with van der Waals surface area (Å²) in [5, 5.41) is 0. The van der Waals surface area contributed by atoms with E-state index >= 15 is 0 Å². The van der Waals surface area contributed by atoms with Gasteiger partial charge in [0.05, 0.1) is 96.1 Å². The SMILES string of the molecule is CC[C@H](C(=O)N1CCCC[C@H]1C(=O)OC(CCc1ccc(OC)c(OC)c1)c1cccc(OCCOCCOc2cccc([C@@H](CCc3ccc(OC)c(OC)c3)OC(=O)[C@@H]3CCCCN3C(=O)[C@@H](CC)c3cc(OC)c(OC)c(OC)c3)c2)c1)c1cc(OC)c(OC)c(OC)c1. The number of benzene rings is 6. The number of hydrogen-bond acceptors (Lipinski definition) is 19. The summed E-state index contributed by atoms with van der Waals surface area (Å²) in [5.74, 6) is 3.53. The lowest BCUT2D eigenvalue weighted by molar-refractivity contribution is -0.162. The molecule has 0 radical (unpaired) electrons. The minimum absolute atomic E-state index is 0.182. The molecule has 21 nitrogen and oxygen atoms in total. The fourth-order valence-electron chi connectivity index (χ4n) is 12.8. The first-order valence-corrected chi connectivity index (χ1v) is 33.3. The van der Waals surface area contributed by atoms with Gasteiger partial charge in [-0.3, -0.25) is 9.59 Å². The summed E-state index contributed by atoms with van der Waals surface area (Å²) in [4.78, 5) is 62.1. The zero-order chi connectivity index (χ0) is 69.4. The maximum absolute atomic E-state index is 14.7. The smallest absolute Gasteiger partial charge is 0.329 e. The summed E-state index contributed by atoms with van der Waals surface area (Å²) in [6.45, 7) is 5.58. The number of amides is 2. The van der Waals surface area contributed by atoms with E-state index < -0.39 is 48.1 Å². The zero-order valence-corrected chi connectivity index (χ0v) is 58.2. The highest BCUT2D eigenvalue weighted by atomic mass is 16.6. The number of carbonyl (C=O) groups is 4. The number of carbonyl (C=O) groups excluding carboxylic acids is 4. The van der Waals surface area contributed by atoms with Crippen LogP contribution < -0.4 is 56.8 Å². The quantitative estimate of drug-likeness (QED) is 0.0264. The average molecular weight is 1340 g/mol. The fourth-order valence-corrected chi connectivity index (χ4v) is 12.8. The predicted octanol–water partition coefficient (Wildman–Crippen LogP) is 12.8. The van der Waals surface area contributed by atoms with Crippen molar-refractivity contribution in [3.8, 4) is 69.0 Å². The second-order valence-corrected chi connectivity index (χ2v) is 23.7. The molecule has 0 aromatic heterocycles. The highest BCUT2D eigenvalue weighted by Crippen LogP contribution is 2.44. The van der Waals surface area contributed by atoms with Crippen LogP contribution in [-0.4, -0.2) is 156 Å². The van der Waals surface area contributed by atoms with Crippen LogP contribution in [0.15, 0.2) is 109 Å². The van der Waals surface area contributed by atoms with E-state index in [-0.39, 0.29) is 38.2 Å². The van der Waals surface area contributed by atoms with E-state index in [1.165, 1.54) is 42.7 Å². The molecule has 0 spiro atoms. The van der Waals surface area contributed by atoms with Crippen molar-refractivity contribution in [3.63, 3.8) is 0 Å². The molecule has 6 atom stereocenters. The molecule has 8 rings (SSSR count). The highest BCUT2D eigenvalue weighted by molar-refractivity contribution is 5.90. The van der Waals surface area contributed by atoms with Crippen LogP contribution in [0.5, 0.6) is 69.0 Å². The molecule has 2 amide bonds. The predicted molar refractivity (Wildman–Crippen MR) is 365 cm³/mol. The number of aryl methyl sites for hydroxylation is 2. The third kappa shape index (κ3) is 18.7. The summed E-state index contributed by atoms with van der Waals surface area (Å²) in [6.07, 6.45) is 5.26. The van der Waals surface area contributed by atoms with E-state index in [2.05, 4.69) is 0 Å². The molecule has 1 unspecified atom stereocenters. The molecule has 21 heteroatoms. The van der Waals surface area contributed by atoms with Gasteiger partial charge in [0, 0.05) is 13.1 Å². The Hall–Kier alpha value is -9.24. The highest BCUT2D eigenvalue weighted by Gasteiger charge is 2.40. The fraction of sp³-hybridized carbons (Fsp3) is 0.474. The van der Waals surface area contributed by atoms with E-state index in [0.717, 1.165) is 47.9 Å². The van der Waals surface area contributed by atoms with Crippen LogP contribution in [0.2, 0.25) is 0 Å². The molecular formula is C76H96N2O19. The number of nitrogens with zero attached hydrogens (tertiary/aromatic N) is 2. The largest absolute Gasteiger partial charge is 0.493 e. The van der Waals surface area contributed by atoms with Crippen LogP contribution in [0.1, 0.15) is 135 Å². The Morgan fingerprint density at radius 3 is 1.11 bits per heavy atom. The standard InChI is InChI=1S/C76H96N2O19/c1-13-57(53-45-67(87-7)71(91-11)68(46-53)88-8)73(79)77-35-17-15-25-59(77)75(81)96-61(31-27-49-29-33-63(83-3)65(41-49)85-5)51-21-19-23-55(43-51)94-39-37-93-38-40-95-56-24-20-22-52(44-56)62(32-28-50-30-34-64(84-4)66(42-50)86-6)97-76(82)60-26-16-18-36-78(60)74(80)58(14-2)54-47-69(89-9)72(92-12)70(48-54)90-10/h19-24,29-30,33-34,41-48,57-62H,13-18,25-28,31-32,35-40H2,1-12H3/t57-,58-,59-,60-,61+,62?/m0/s1. The maximum Gasteiger partial charge on any atom is 0.329 e. The topological polar surface area (TPSA) is 213 Å². The maximum atomic E-state index is 14.7. The van der Waals surface area contributed by atoms with Gasteiger partial charge in [-0.2, -0.15) is 0 Å². The molecule has 0 N–H and O–H groups in total. The van der Waals surface area contributed by atoms with Crippen LogP contribution in [0.3, 0.4) is 0 Å². The van der Waals surface area contributed by atoms with Crippen LogP contribution >= 0.6 is 0 Å². The van der Waals surface area contributed by atoms with E-state index in [4.69, 9.17) is 71.1 Å². The number of rotatable bonds is 36. The molecule has 2 aliphatic rings. The molecule has 2 saturated heterocycles. The van der Waals surface area contributed by atoms with Gasteiger partial charge in [0.15, 0.2) is 46.0 Å². The Labute approximate surface area is 570 Å². The number of esters is 2. The van der Waals surface area contributed by atoms with Gasteiger partial charge in [-0.1, -0.05) is 50.2 Å². The molecule has 0 aliphatic carbocycles. The van der Waals surface area contributed by atoms with Crippen molar-refractivity contribution in [1.82, 2.24) is 9.80 Å². The minimum Gasteiger partial charge on any atom is -0.493 e. The number of piperidine rings is 2. The number of ether oxygens (including phenoxy) is 15. The first-order valence-electron chi connectivity index (χ1n) is 33.3. The van der Waals surface area contributed by atoms with Crippen molar-refractivity contribution in [3.05, 3.63) is 143 Å². The van der Waals surface area contributed by atoms with Crippen LogP contribution in [0.4, 0.5) is 0 Å². The lowest BCUT2D eigenvalue weighted by Crippen LogP contribution is -2.50. The Morgan fingerprint density at radius 2 is 0.773 bits per heavy atom. The molecule has 97 heavy (non-hydrogen) atoms. The normalized spacial score (nSPS) is 15.7. The van der Waals surface area contributed by atoms with Crippen LogP contribution in [-0.2, 0) is 46.2 Å². The summed E-state index contributed by atoms with van der Waals surface area (Å²) >= 11 is 0. The third-order valence-corrected chi connectivity index (χ3v) is 18.0. The number of methoxy groups -OCH3 is 10. The summed E-state index contributed by atoms with van der Waals surface area (Å²) in [6, 6.07) is 31.9. The first kappa shape index (κ1) is 73.6. The molecule has 0 saturated carbocycles. The third-order valence-electron chi connectivity index (χ3n) is 18.0. The van der Waals surface area contributed by atoms with E-state index in [9.17, 15) is 19.2 Å². The first-order chi connectivity index (χ1) is 47.2. The Bertz CT molecular complexity index is 3280. The van der Waals surface area contributed by atoms with Crippen molar-refractivity contribution in [1.29, 1.82) is 0 Å². The zero-order valence-electron chi connectivity index (χ0n) is 58.2. The monoisotopic (exact) mass is 1340 g/mol. The molecule has 2 heterocycles. The molecule has 0 bridgehead atoms. The van der Waals surface area contributed by atoms with Crippen molar-refractivity contribution >= 4 is 23.8 Å². The van der Waals surface area contributed by atoms with Gasteiger partial charge in [0.2, 0.25) is 23.3 Å². The molecule has 2 aliphatic heterocycles. The summed E-state index contributed by atoms with van der Waals surface area (Å²) in [5.41, 5.74) is 4.72. The van der Waals surface area contributed by atoms with Gasteiger partial charge < -0.3 is 80.9 Å². The Balaban J connectivity index is 0.919. The molecule has 2 fully saturated rings. The van der Waals surface area contributed by atoms with Gasteiger partial charge in [0.25, 0.3) is 0 Å². The van der Waals surface area contributed by atoms with Gasteiger partial charge in [-0.05, 0) is 183 Å².